The Balaban J connectivity index is 0.00000274. The molecule has 2 bridgehead atoms. The second-order valence-corrected chi connectivity index (χ2v) is 9.77. The summed E-state index contributed by atoms with van der Waals surface area (Å²) in [6.45, 7) is 3.71. The molecule has 1 amide bonds. The van der Waals surface area contributed by atoms with Crippen molar-refractivity contribution in [1.82, 2.24) is 0 Å². The van der Waals surface area contributed by atoms with Crippen molar-refractivity contribution in [3.8, 4) is 0 Å². The van der Waals surface area contributed by atoms with Gasteiger partial charge < -0.3 is 26.2 Å². The van der Waals surface area contributed by atoms with Crippen LogP contribution in [0, 0.1) is 35.1 Å². The summed E-state index contributed by atoms with van der Waals surface area (Å²) in [6, 6.07) is 7.27. The molecule has 0 spiro atoms. The monoisotopic (exact) mass is 542 g/mol. The van der Waals surface area contributed by atoms with E-state index in [9.17, 15) is 22.4 Å². The minimum Gasteiger partial charge on any atom is -1.00 e. The highest BCUT2D eigenvalue weighted by Crippen LogP contribution is 2.41. The first-order valence-electron chi connectivity index (χ1n) is 11.5. The number of nitrogens with zero attached hydrogens (tertiary/aromatic N) is 2. The lowest BCUT2D eigenvalue weighted by atomic mass is 9.83. The molecule has 9 heteroatoms. The highest BCUT2D eigenvalue weighted by molar-refractivity contribution is 5.87. The predicted molar refractivity (Wildman–Crippen MR) is 114 cm³/mol. The summed E-state index contributed by atoms with van der Waals surface area (Å²) in [7, 11) is 0. The zero-order valence-corrected chi connectivity index (χ0v) is 20.2. The van der Waals surface area contributed by atoms with Gasteiger partial charge in [0.05, 0.1) is 31.9 Å². The van der Waals surface area contributed by atoms with E-state index in [0.717, 1.165) is 66.5 Å². The van der Waals surface area contributed by atoms with Crippen molar-refractivity contribution < 1.29 is 48.6 Å². The third-order valence-electron chi connectivity index (χ3n) is 7.38. The van der Waals surface area contributed by atoms with Gasteiger partial charge in [-0.1, -0.05) is 12.1 Å². The first-order valence-corrected chi connectivity index (χ1v) is 11.5. The second-order valence-electron chi connectivity index (χ2n) is 9.77. The minimum atomic E-state index is -1.59. The number of ether oxygens (including phenoxy) is 1. The molecule has 0 radical (unpaired) electrons. The maximum Gasteiger partial charge on any atom is 0.415 e. The van der Waals surface area contributed by atoms with Crippen LogP contribution in [-0.4, -0.2) is 42.9 Å². The van der Waals surface area contributed by atoms with Crippen LogP contribution in [0.1, 0.15) is 31.2 Å². The van der Waals surface area contributed by atoms with E-state index in [-0.39, 0.29) is 46.8 Å². The topological polar surface area (TPSA) is 29.5 Å². The van der Waals surface area contributed by atoms with Crippen molar-refractivity contribution in [1.29, 1.82) is 0 Å². The van der Waals surface area contributed by atoms with Gasteiger partial charge in [0.25, 0.3) is 0 Å². The Bertz CT molecular complexity index is 1030. The molecule has 3 aliphatic heterocycles. The first-order chi connectivity index (χ1) is 15.8. The number of hydrogen-bond donors (Lipinski definition) is 0. The Morgan fingerprint density at radius 2 is 1.62 bits per heavy atom. The minimum absolute atomic E-state index is 0. The number of piperidine rings is 3. The summed E-state index contributed by atoms with van der Waals surface area (Å²) in [4.78, 5) is 14.3. The smallest absolute Gasteiger partial charge is 0.415 e. The molecule has 0 aromatic heterocycles. The molecule has 0 unspecified atom stereocenters. The van der Waals surface area contributed by atoms with Crippen molar-refractivity contribution in [2.75, 3.05) is 31.1 Å². The van der Waals surface area contributed by atoms with E-state index in [0.29, 0.717) is 0 Å². The van der Waals surface area contributed by atoms with Gasteiger partial charge in [0.2, 0.25) is 0 Å². The van der Waals surface area contributed by atoms with Gasteiger partial charge in [-0.05, 0) is 42.7 Å². The van der Waals surface area contributed by atoms with E-state index in [1.165, 1.54) is 31.0 Å². The number of quaternary nitrogens is 1. The van der Waals surface area contributed by atoms with Gasteiger partial charge in [-0.15, -0.1) is 0 Å². The van der Waals surface area contributed by atoms with Crippen LogP contribution in [0.15, 0.2) is 36.4 Å². The molecular formula is C25H27BrF4N2O2. The summed E-state index contributed by atoms with van der Waals surface area (Å²) >= 11 is 0. The van der Waals surface area contributed by atoms with Gasteiger partial charge in [0.15, 0.2) is 23.6 Å². The normalized spacial score (nSPS) is 25.5. The lowest BCUT2D eigenvalue weighted by molar-refractivity contribution is -0.947. The Morgan fingerprint density at radius 3 is 2.24 bits per heavy atom. The van der Waals surface area contributed by atoms with Crippen molar-refractivity contribution >= 4 is 11.8 Å². The van der Waals surface area contributed by atoms with E-state index < -0.39 is 29.4 Å². The number of benzene rings is 2. The lowest BCUT2D eigenvalue weighted by Crippen LogP contribution is -3.00. The Labute approximate surface area is 206 Å². The summed E-state index contributed by atoms with van der Waals surface area (Å²) in [5.41, 5.74) is -0.0615. The number of anilines is 1. The highest BCUT2D eigenvalue weighted by atomic mass is 79.9. The molecule has 1 aliphatic carbocycles. The number of rotatable bonds is 6. The maximum absolute atomic E-state index is 14.6. The third kappa shape index (κ3) is 5.10. The molecule has 4 nitrogen and oxygen atoms in total. The Kier molecular flexibility index (Phi) is 7.24. The number of carbonyl (C=O) groups excluding carboxylic acids is 1. The number of amides is 1. The SMILES string of the molecule is O=C(O[C@H]1C[N+]2(CC3CC3)CCC1CC2)N(Cc1cc(F)c(F)c(F)c1)c1ccccc1F.[Br-]. The molecule has 2 aromatic carbocycles. The van der Waals surface area contributed by atoms with Crippen molar-refractivity contribution in [3.05, 3.63) is 65.2 Å². The predicted octanol–water partition coefficient (Wildman–Crippen LogP) is 2.41. The fourth-order valence-electron chi connectivity index (χ4n) is 5.45. The van der Waals surface area contributed by atoms with Crippen LogP contribution in [-0.2, 0) is 11.3 Å². The molecule has 0 N–H and O–H groups in total. The van der Waals surface area contributed by atoms with E-state index in [2.05, 4.69) is 0 Å². The van der Waals surface area contributed by atoms with E-state index in [1.54, 1.807) is 6.07 Å². The van der Waals surface area contributed by atoms with Gasteiger partial charge in [0.1, 0.15) is 12.4 Å². The van der Waals surface area contributed by atoms with Gasteiger partial charge in [-0.2, -0.15) is 0 Å². The van der Waals surface area contributed by atoms with Crippen LogP contribution in [0.5, 0.6) is 0 Å². The number of carbonyl (C=O) groups is 1. The standard InChI is InChI=1S/C25H27F4N2O2.BrH/c26-19-3-1-2-4-22(19)30(13-17-11-20(27)24(29)21(28)12-17)25(32)33-23-15-31(14-16-5-6-16)9-7-18(23)8-10-31;/h1-4,11-12,16,18,23H,5-10,13-15H2;1H/q+1;/p-1/t18?,23-,31?;/m0./s1. The zero-order chi connectivity index (χ0) is 23.2. The maximum atomic E-state index is 14.6. The van der Waals surface area contributed by atoms with Crippen LogP contribution in [0.2, 0.25) is 0 Å². The number of hydrogen-bond acceptors (Lipinski definition) is 2. The zero-order valence-electron chi connectivity index (χ0n) is 18.7. The van der Waals surface area contributed by atoms with Gasteiger partial charge in [0, 0.05) is 24.7 Å². The van der Waals surface area contributed by atoms with Crippen molar-refractivity contribution in [2.45, 2.75) is 38.3 Å². The van der Waals surface area contributed by atoms with Crippen LogP contribution in [0.3, 0.4) is 0 Å². The lowest BCUT2D eigenvalue weighted by Gasteiger charge is -2.52. The molecule has 3 heterocycles. The second kappa shape index (κ2) is 9.85. The summed E-state index contributed by atoms with van der Waals surface area (Å²) in [5.74, 6) is -3.96. The number of para-hydroxylation sites is 1. The molecule has 4 fully saturated rings. The molecule has 184 valence electrons. The fourth-order valence-corrected chi connectivity index (χ4v) is 5.45. The number of fused-ring (bicyclic) bond motifs is 3. The molecule has 3 saturated heterocycles. The van der Waals surface area contributed by atoms with Crippen molar-refractivity contribution in [3.63, 3.8) is 0 Å². The largest absolute Gasteiger partial charge is 1.00 e. The van der Waals surface area contributed by atoms with Crippen LogP contribution < -0.4 is 21.9 Å². The summed E-state index contributed by atoms with van der Waals surface area (Å²) in [6.07, 6.45) is 3.44. The van der Waals surface area contributed by atoms with Crippen LogP contribution >= 0.6 is 0 Å². The first kappa shape index (κ1) is 25.0. The fraction of sp³-hybridized carbons (Fsp3) is 0.480. The van der Waals surface area contributed by atoms with E-state index in [4.69, 9.17) is 4.74 Å². The summed E-state index contributed by atoms with van der Waals surface area (Å²) in [5, 5.41) is 0. The van der Waals surface area contributed by atoms with Gasteiger partial charge in [-0.25, -0.2) is 22.4 Å². The molecular weight excluding hydrogens is 516 g/mol. The summed E-state index contributed by atoms with van der Waals surface area (Å²) < 4.78 is 62.4. The Morgan fingerprint density at radius 1 is 0.971 bits per heavy atom. The van der Waals surface area contributed by atoms with Gasteiger partial charge in [-0.3, -0.25) is 4.90 Å². The van der Waals surface area contributed by atoms with Gasteiger partial charge >= 0.3 is 6.09 Å². The molecule has 1 atom stereocenters. The molecule has 2 aromatic rings. The molecule has 34 heavy (non-hydrogen) atoms. The van der Waals surface area contributed by atoms with Crippen LogP contribution in [0.25, 0.3) is 0 Å². The van der Waals surface area contributed by atoms with E-state index in [1.807, 2.05) is 0 Å². The quantitative estimate of drug-likeness (QED) is 0.319. The number of halogens is 5. The third-order valence-corrected chi connectivity index (χ3v) is 7.38. The average Bonchev–Trinajstić information content (AvgIpc) is 3.60. The Hall–Kier alpha value is -2.13. The van der Waals surface area contributed by atoms with Crippen LogP contribution in [0.4, 0.5) is 28.0 Å². The van der Waals surface area contributed by atoms with Crippen molar-refractivity contribution in [2.24, 2.45) is 11.8 Å². The molecule has 1 saturated carbocycles. The average molecular weight is 543 g/mol. The highest BCUT2D eigenvalue weighted by Gasteiger charge is 2.49. The molecule has 6 rings (SSSR count). The molecule has 4 aliphatic rings. The van der Waals surface area contributed by atoms with E-state index >= 15 is 0 Å².